The fraction of sp³-hybridized carbons (Fsp3) is 0.250. The second-order valence-electron chi connectivity index (χ2n) is 5.30. The summed E-state index contributed by atoms with van der Waals surface area (Å²) >= 11 is 0. The van der Waals surface area contributed by atoms with E-state index in [1.165, 1.54) is 24.3 Å². The van der Waals surface area contributed by atoms with Crippen LogP contribution >= 0.6 is 0 Å². The summed E-state index contributed by atoms with van der Waals surface area (Å²) in [5, 5.41) is 10.6. The second-order valence-corrected chi connectivity index (χ2v) is 5.30. The molecule has 3 rings (SSSR count). The molecular weight excluding hydrogens is 330 g/mol. The molecule has 2 aromatic rings. The molecule has 1 fully saturated rings. The van der Waals surface area contributed by atoms with Gasteiger partial charge < -0.3 is 19.1 Å². The van der Waals surface area contributed by atoms with Gasteiger partial charge in [0.1, 0.15) is 11.9 Å². The third-order valence-corrected chi connectivity index (χ3v) is 3.65. The quantitative estimate of drug-likeness (QED) is 0.352. The largest absolute Gasteiger partial charge is 0.514 e. The van der Waals surface area contributed by atoms with E-state index in [4.69, 9.17) is 14.2 Å². The van der Waals surface area contributed by atoms with Crippen LogP contribution in [0.1, 0.15) is 0 Å². The number of hydrogen-bond acceptors (Lipinski definition) is 8. The molecule has 0 aliphatic carbocycles. The molecule has 2 heterocycles. The van der Waals surface area contributed by atoms with Crippen LogP contribution in [0.3, 0.4) is 0 Å². The molecule has 1 aromatic heterocycles. The van der Waals surface area contributed by atoms with Crippen LogP contribution in [-0.4, -0.2) is 42.4 Å². The number of hydrogen-bond donors (Lipinski definition) is 0. The van der Waals surface area contributed by atoms with Gasteiger partial charge in [0.15, 0.2) is 0 Å². The van der Waals surface area contributed by atoms with Crippen LogP contribution in [0.25, 0.3) is 0 Å². The molecule has 9 heteroatoms. The lowest BCUT2D eigenvalue weighted by atomic mass is 10.1. The Hall–Kier alpha value is -3.36. The molecule has 0 N–H and O–H groups in total. The predicted molar refractivity (Wildman–Crippen MR) is 87.0 cm³/mol. The van der Waals surface area contributed by atoms with E-state index in [-0.39, 0.29) is 17.5 Å². The van der Waals surface area contributed by atoms with Gasteiger partial charge in [0.25, 0.3) is 5.69 Å². The fourth-order valence-corrected chi connectivity index (χ4v) is 2.32. The van der Waals surface area contributed by atoms with Gasteiger partial charge in [-0.2, -0.15) is 0 Å². The first-order valence-electron chi connectivity index (χ1n) is 7.43. The number of pyridine rings is 1. The Morgan fingerprint density at radius 3 is 2.64 bits per heavy atom. The van der Waals surface area contributed by atoms with Crippen LogP contribution in [0.4, 0.5) is 16.2 Å². The van der Waals surface area contributed by atoms with E-state index in [0.29, 0.717) is 19.0 Å². The highest BCUT2D eigenvalue weighted by Crippen LogP contribution is 2.25. The van der Waals surface area contributed by atoms with Gasteiger partial charge in [0.05, 0.1) is 25.1 Å². The van der Waals surface area contributed by atoms with Crippen LogP contribution in [0.5, 0.6) is 11.6 Å². The van der Waals surface area contributed by atoms with Crippen LogP contribution < -0.4 is 14.4 Å². The smallest absolute Gasteiger partial charge is 0.481 e. The van der Waals surface area contributed by atoms with Crippen LogP contribution in [0.2, 0.25) is 0 Å². The summed E-state index contributed by atoms with van der Waals surface area (Å²) in [5.41, 5.74) is 0.846. The monoisotopic (exact) mass is 345 g/mol. The highest BCUT2D eigenvalue weighted by molar-refractivity contribution is 5.65. The van der Waals surface area contributed by atoms with E-state index in [9.17, 15) is 14.9 Å². The van der Waals surface area contributed by atoms with Crippen molar-refractivity contribution in [2.24, 2.45) is 0 Å². The molecule has 1 saturated heterocycles. The fourth-order valence-electron chi connectivity index (χ4n) is 2.32. The van der Waals surface area contributed by atoms with E-state index >= 15 is 0 Å². The number of nitrogens with zero attached hydrogens (tertiary/aromatic N) is 3. The lowest BCUT2D eigenvalue weighted by molar-refractivity contribution is -0.384. The van der Waals surface area contributed by atoms with Crippen molar-refractivity contribution in [3.63, 3.8) is 0 Å². The SMILES string of the molecule is COc1cc(N2CC(OC(=O)Oc3ccc([N+](=O)[O-])cc3)C2)ccn1. The van der Waals surface area contributed by atoms with Gasteiger partial charge in [0.2, 0.25) is 5.88 Å². The van der Waals surface area contributed by atoms with Crippen molar-refractivity contribution in [2.75, 3.05) is 25.1 Å². The highest BCUT2D eigenvalue weighted by Gasteiger charge is 2.31. The zero-order valence-electron chi connectivity index (χ0n) is 13.3. The van der Waals surface area contributed by atoms with E-state index in [2.05, 4.69) is 4.98 Å². The molecule has 1 aliphatic heterocycles. The third kappa shape index (κ3) is 3.94. The molecule has 25 heavy (non-hydrogen) atoms. The summed E-state index contributed by atoms with van der Waals surface area (Å²) < 4.78 is 15.3. The molecule has 1 aromatic carbocycles. The molecule has 1 aliphatic rings. The Kier molecular flexibility index (Phi) is 4.64. The number of methoxy groups -OCH3 is 1. The number of carbonyl (C=O) groups is 1. The van der Waals surface area contributed by atoms with Crippen molar-refractivity contribution in [3.8, 4) is 11.6 Å². The van der Waals surface area contributed by atoms with E-state index in [1.54, 1.807) is 19.4 Å². The van der Waals surface area contributed by atoms with Crippen LogP contribution in [0.15, 0.2) is 42.6 Å². The van der Waals surface area contributed by atoms with Gasteiger partial charge in [-0.15, -0.1) is 0 Å². The Morgan fingerprint density at radius 2 is 2.00 bits per heavy atom. The second kappa shape index (κ2) is 7.04. The molecule has 0 unspecified atom stereocenters. The number of ether oxygens (including phenoxy) is 3. The number of benzene rings is 1. The summed E-state index contributed by atoms with van der Waals surface area (Å²) in [4.78, 5) is 27.8. The number of rotatable bonds is 5. The molecule has 0 bridgehead atoms. The predicted octanol–water partition coefficient (Wildman–Crippen LogP) is 2.40. The Bertz CT molecular complexity index is 774. The average molecular weight is 345 g/mol. The molecule has 0 radical (unpaired) electrons. The lowest BCUT2D eigenvalue weighted by Gasteiger charge is -2.39. The summed E-state index contributed by atoms with van der Waals surface area (Å²) in [5.74, 6) is 0.699. The average Bonchev–Trinajstić information content (AvgIpc) is 2.58. The number of non-ortho nitro benzene ring substituents is 1. The van der Waals surface area contributed by atoms with Gasteiger partial charge >= 0.3 is 6.16 Å². The third-order valence-electron chi connectivity index (χ3n) is 3.65. The van der Waals surface area contributed by atoms with Crippen molar-refractivity contribution < 1.29 is 23.9 Å². The first kappa shape index (κ1) is 16.5. The molecule has 9 nitrogen and oxygen atoms in total. The number of aromatic nitrogens is 1. The van der Waals surface area contributed by atoms with Crippen molar-refractivity contribution in [3.05, 3.63) is 52.7 Å². The maximum absolute atomic E-state index is 11.8. The Balaban J connectivity index is 1.47. The molecule has 130 valence electrons. The van der Waals surface area contributed by atoms with E-state index in [0.717, 1.165) is 5.69 Å². The van der Waals surface area contributed by atoms with Gasteiger partial charge in [-0.3, -0.25) is 10.1 Å². The first-order valence-corrected chi connectivity index (χ1v) is 7.43. The molecule has 0 atom stereocenters. The minimum Gasteiger partial charge on any atom is -0.481 e. The molecule has 0 amide bonds. The Labute approximate surface area is 142 Å². The molecule has 0 saturated carbocycles. The van der Waals surface area contributed by atoms with Crippen LogP contribution in [0, 0.1) is 10.1 Å². The summed E-state index contributed by atoms with van der Waals surface area (Å²) in [6.07, 6.45) is 0.515. The van der Waals surface area contributed by atoms with Gasteiger partial charge in [0, 0.05) is 30.1 Å². The van der Waals surface area contributed by atoms with E-state index in [1.807, 2.05) is 11.0 Å². The number of anilines is 1. The zero-order valence-corrected chi connectivity index (χ0v) is 13.3. The van der Waals surface area contributed by atoms with Gasteiger partial charge in [-0.25, -0.2) is 9.78 Å². The molecular formula is C16H15N3O6. The standard InChI is InChI=1S/C16H15N3O6/c1-23-15-8-12(6-7-17-15)18-9-14(10-18)25-16(20)24-13-4-2-11(3-5-13)19(21)22/h2-8,14H,9-10H2,1H3. The number of carbonyl (C=O) groups excluding carboxylic acids is 1. The normalized spacial score (nSPS) is 13.7. The Morgan fingerprint density at radius 1 is 1.28 bits per heavy atom. The maximum atomic E-state index is 11.8. The summed E-state index contributed by atoms with van der Waals surface area (Å²) in [6, 6.07) is 8.83. The summed E-state index contributed by atoms with van der Waals surface area (Å²) in [7, 11) is 1.54. The number of nitro groups is 1. The van der Waals surface area contributed by atoms with Crippen LogP contribution in [-0.2, 0) is 4.74 Å². The van der Waals surface area contributed by atoms with Crippen molar-refractivity contribution in [1.29, 1.82) is 0 Å². The van der Waals surface area contributed by atoms with Crippen molar-refractivity contribution in [1.82, 2.24) is 4.98 Å². The van der Waals surface area contributed by atoms with Gasteiger partial charge in [-0.1, -0.05) is 0 Å². The summed E-state index contributed by atoms with van der Waals surface area (Å²) in [6.45, 7) is 1.06. The first-order chi connectivity index (χ1) is 12.0. The van der Waals surface area contributed by atoms with Crippen molar-refractivity contribution >= 4 is 17.5 Å². The number of nitro benzene ring substituents is 1. The van der Waals surface area contributed by atoms with E-state index < -0.39 is 11.1 Å². The minimum absolute atomic E-state index is 0.0804. The topological polar surface area (TPSA) is 104 Å². The minimum atomic E-state index is -0.842. The maximum Gasteiger partial charge on any atom is 0.514 e. The highest BCUT2D eigenvalue weighted by atomic mass is 16.7. The lowest BCUT2D eigenvalue weighted by Crippen LogP contribution is -2.53. The molecule has 0 spiro atoms. The van der Waals surface area contributed by atoms with Crippen molar-refractivity contribution in [2.45, 2.75) is 6.10 Å². The zero-order chi connectivity index (χ0) is 17.8. The van der Waals surface area contributed by atoms with Gasteiger partial charge in [-0.05, 0) is 18.2 Å².